The predicted molar refractivity (Wildman–Crippen MR) is 99.6 cm³/mol. The zero-order valence-corrected chi connectivity index (χ0v) is 16.1. The third-order valence-electron chi connectivity index (χ3n) is 3.41. The second-order valence-electron chi connectivity index (χ2n) is 5.61. The second-order valence-corrected chi connectivity index (χ2v) is 8.55. The van der Waals surface area contributed by atoms with Crippen LogP contribution in [0, 0.1) is 13.8 Å². The molecule has 0 bridgehead atoms. The number of sulfonamides is 1. The van der Waals surface area contributed by atoms with Gasteiger partial charge in [-0.3, -0.25) is 9.59 Å². The molecule has 140 valence electrons. The monoisotopic (exact) mass is 396 g/mol. The number of anilines is 1. The molecular weight excluding hydrogens is 376 g/mol. The summed E-state index contributed by atoms with van der Waals surface area (Å²) in [6, 6.07) is 8.75. The first kappa shape index (κ1) is 20.1. The molecule has 0 atom stereocenters. The number of aryl methyl sites for hydroxylation is 2. The normalized spacial score (nSPS) is 11.2. The minimum absolute atomic E-state index is 0.0995. The van der Waals surface area contributed by atoms with Gasteiger partial charge in [0.05, 0.1) is 6.42 Å². The quantitative estimate of drug-likeness (QED) is 0.666. The minimum atomic E-state index is -3.61. The number of thiophene rings is 1. The summed E-state index contributed by atoms with van der Waals surface area (Å²) in [5.41, 5.74) is 2.56. The van der Waals surface area contributed by atoms with Crippen LogP contribution in [-0.2, 0) is 24.3 Å². The van der Waals surface area contributed by atoms with Gasteiger partial charge >= 0.3 is 5.97 Å². The summed E-state index contributed by atoms with van der Waals surface area (Å²) in [4.78, 5) is 23.5. The van der Waals surface area contributed by atoms with E-state index in [4.69, 9.17) is 4.74 Å². The van der Waals surface area contributed by atoms with Crippen LogP contribution in [0.3, 0.4) is 0 Å². The highest BCUT2D eigenvalue weighted by Gasteiger charge is 2.15. The first-order valence-electron chi connectivity index (χ1n) is 7.84. The molecule has 26 heavy (non-hydrogen) atoms. The van der Waals surface area contributed by atoms with E-state index in [0.29, 0.717) is 5.69 Å². The molecule has 1 amide bonds. The van der Waals surface area contributed by atoms with Crippen LogP contribution < -0.4 is 10.0 Å². The summed E-state index contributed by atoms with van der Waals surface area (Å²) >= 11 is 1.09. The Morgan fingerprint density at radius 3 is 2.65 bits per heavy atom. The van der Waals surface area contributed by atoms with Gasteiger partial charge in [-0.05, 0) is 42.5 Å². The summed E-state index contributed by atoms with van der Waals surface area (Å²) in [5.74, 6) is -1.11. The highest BCUT2D eigenvalue weighted by atomic mass is 32.2. The van der Waals surface area contributed by atoms with Crippen molar-refractivity contribution in [1.29, 1.82) is 0 Å². The average molecular weight is 396 g/mol. The predicted octanol–water partition coefficient (Wildman–Crippen LogP) is 2.22. The van der Waals surface area contributed by atoms with E-state index < -0.39 is 28.5 Å². The molecule has 2 aromatic rings. The van der Waals surface area contributed by atoms with Crippen molar-refractivity contribution in [2.24, 2.45) is 0 Å². The summed E-state index contributed by atoms with van der Waals surface area (Å²) in [6.07, 6.45) is -0.165. The van der Waals surface area contributed by atoms with Crippen molar-refractivity contribution in [2.75, 3.05) is 18.5 Å². The molecule has 0 spiro atoms. The van der Waals surface area contributed by atoms with Gasteiger partial charge in [0.25, 0.3) is 5.91 Å². The molecule has 0 fully saturated rings. The zero-order chi connectivity index (χ0) is 19.2. The Bertz CT molecular complexity index is 877. The Balaban J connectivity index is 1.73. The van der Waals surface area contributed by atoms with Crippen LogP contribution in [0.15, 0.2) is 39.9 Å². The number of carbonyl (C=O) groups is 2. The molecule has 1 aromatic carbocycles. The van der Waals surface area contributed by atoms with Gasteiger partial charge in [0.2, 0.25) is 10.0 Å². The number of hydrogen-bond donors (Lipinski definition) is 2. The van der Waals surface area contributed by atoms with E-state index in [2.05, 4.69) is 10.0 Å². The molecule has 9 heteroatoms. The molecule has 2 rings (SSSR count). The highest BCUT2D eigenvalue weighted by molar-refractivity contribution is 7.91. The summed E-state index contributed by atoms with van der Waals surface area (Å²) < 4.78 is 31.1. The third kappa shape index (κ3) is 5.94. The van der Waals surface area contributed by atoms with Crippen LogP contribution in [0.1, 0.15) is 17.5 Å². The van der Waals surface area contributed by atoms with E-state index in [1.165, 1.54) is 6.07 Å². The van der Waals surface area contributed by atoms with Gasteiger partial charge in [-0.1, -0.05) is 18.2 Å². The van der Waals surface area contributed by atoms with Gasteiger partial charge in [-0.15, -0.1) is 11.3 Å². The molecule has 7 nitrogen and oxygen atoms in total. The number of carbonyl (C=O) groups excluding carboxylic acids is 2. The van der Waals surface area contributed by atoms with Crippen LogP contribution in [-0.4, -0.2) is 33.4 Å². The van der Waals surface area contributed by atoms with E-state index >= 15 is 0 Å². The summed E-state index contributed by atoms with van der Waals surface area (Å²) in [7, 11) is -3.61. The van der Waals surface area contributed by atoms with Crippen molar-refractivity contribution in [3.63, 3.8) is 0 Å². The average Bonchev–Trinajstić information content (AvgIpc) is 3.12. The minimum Gasteiger partial charge on any atom is -0.456 e. The first-order chi connectivity index (χ1) is 12.3. The number of nitrogens with one attached hydrogen (secondary N) is 2. The first-order valence-corrected chi connectivity index (χ1v) is 10.2. The van der Waals surface area contributed by atoms with Crippen molar-refractivity contribution in [3.8, 4) is 0 Å². The van der Waals surface area contributed by atoms with Crippen LogP contribution in [0.5, 0.6) is 0 Å². The number of amides is 1. The molecule has 2 N–H and O–H groups in total. The number of esters is 1. The van der Waals surface area contributed by atoms with E-state index in [-0.39, 0.29) is 17.2 Å². The summed E-state index contributed by atoms with van der Waals surface area (Å²) in [6.45, 7) is 3.24. The molecule has 0 aliphatic rings. The molecule has 1 aromatic heterocycles. The molecule has 1 heterocycles. The van der Waals surface area contributed by atoms with Crippen LogP contribution in [0.25, 0.3) is 0 Å². The maximum Gasteiger partial charge on any atom is 0.307 e. The molecule has 0 unspecified atom stereocenters. The standard InChI is InChI=1S/C17H20N2O5S2/c1-12-5-6-13(2)14(10-12)19-15(20)11-24-16(21)7-8-18-26(22,23)17-4-3-9-25-17/h3-6,9-10,18H,7-8,11H2,1-2H3,(H,19,20). The molecule has 0 aliphatic heterocycles. The molecule has 0 saturated carbocycles. The van der Waals surface area contributed by atoms with Gasteiger partial charge in [-0.25, -0.2) is 13.1 Å². The van der Waals surface area contributed by atoms with Crippen LogP contribution in [0.4, 0.5) is 5.69 Å². The number of rotatable bonds is 8. The topological polar surface area (TPSA) is 102 Å². The van der Waals surface area contributed by atoms with Crippen molar-refractivity contribution >= 4 is 38.9 Å². The van der Waals surface area contributed by atoms with Gasteiger partial charge in [0.1, 0.15) is 4.21 Å². The SMILES string of the molecule is Cc1ccc(C)c(NC(=O)COC(=O)CCNS(=O)(=O)c2cccs2)c1. The second kappa shape index (κ2) is 8.93. The van der Waals surface area contributed by atoms with Crippen LogP contribution >= 0.6 is 11.3 Å². The van der Waals surface area contributed by atoms with Crippen LogP contribution in [0.2, 0.25) is 0 Å². The fourth-order valence-corrected chi connectivity index (χ4v) is 4.12. The fraction of sp³-hybridized carbons (Fsp3) is 0.294. The largest absolute Gasteiger partial charge is 0.456 e. The fourth-order valence-electron chi connectivity index (χ4n) is 2.05. The van der Waals surface area contributed by atoms with Gasteiger partial charge in [-0.2, -0.15) is 0 Å². The smallest absolute Gasteiger partial charge is 0.307 e. The number of benzene rings is 1. The zero-order valence-electron chi connectivity index (χ0n) is 14.4. The van der Waals surface area contributed by atoms with Gasteiger partial charge < -0.3 is 10.1 Å². The van der Waals surface area contributed by atoms with E-state index in [9.17, 15) is 18.0 Å². The Kier molecular flexibility index (Phi) is 6.90. The lowest BCUT2D eigenvalue weighted by Crippen LogP contribution is -2.27. The lowest BCUT2D eigenvalue weighted by molar-refractivity contribution is -0.147. The maximum absolute atomic E-state index is 11.9. The lowest BCUT2D eigenvalue weighted by Gasteiger charge is -2.10. The molecule has 0 saturated heterocycles. The van der Waals surface area contributed by atoms with Crippen molar-refractivity contribution in [3.05, 3.63) is 46.8 Å². The van der Waals surface area contributed by atoms with E-state index in [1.807, 2.05) is 32.0 Å². The van der Waals surface area contributed by atoms with E-state index in [0.717, 1.165) is 22.5 Å². The lowest BCUT2D eigenvalue weighted by atomic mass is 10.1. The Hall–Kier alpha value is -2.23. The van der Waals surface area contributed by atoms with Crippen molar-refractivity contribution in [1.82, 2.24) is 4.72 Å². The summed E-state index contributed by atoms with van der Waals surface area (Å²) in [5, 5.41) is 4.33. The van der Waals surface area contributed by atoms with Crippen molar-refractivity contribution in [2.45, 2.75) is 24.5 Å². The van der Waals surface area contributed by atoms with Gasteiger partial charge in [0, 0.05) is 12.2 Å². The number of hydrogen-bond acceptors (Lipinski definition) is 6. The highest BCUT2D eigenvalue weighted by Crippen LogP contribution is 2.16. The van der Waals surface area contributed by atoms with Crippen molar-refractivity contribution < 1.29 is 22.7 Å². The van der Waals surface area contributed by atoms with E-state index in [1.54, 1.807) is 11.4 Å². The van der Waals surface area contributed by atoms with Gasteiger partial charge in [0.15, 0.2) is 6.61 Å². The molecule has 0 radical (unpaired) electrons. The maximum atomic E-state index is 11.9. The Morgan fingerprint density at radius 2 is 1.96 bits per heavy atom. The Morgan fingerprint density at radius 1 is 1.19 bits per heavy atom. The number of ether oxygens (including phenoxy) is 1. The molecular formula is C17H20N2O5S2. The molecule has 0 aliphatic carbocycles. The third-order valence-corrected chi connectivity index (χ3v) is 6.27. The Labute approximate surface area is 156 Å².